The summed E-state index contributed by atoms with van der Waals surface area (Å²) in [5, 5.41) is 3.18. The Bertz CT molecular complexity index is 272. The minimum absolute atomic E-state index is 0.162. The molecule has 0 spiro atoms. The quantitative estimate of drug-likeness (QED) is 0.693. The molecule has 0 bridgehead atoms. The van der Waals surface area contributed by atoms with Gasteiger partial charge >= 0.3 is 0 Å². The second-order valence-electron chi connectivity index (χ2n) is 6.66. The van der Waals surface area contributed by atoms with Crippen LogP contribution in [0.5, 0.6) is 0 Å². The van der Waals surface area contributed by atoms with Crippen molar-refractivity contribution in [1.29, 1.82) is 0 Å². The second-order valence-corrected chi connectivity index (χ2v) is 7.04. The maximum absolute atomic E-state index is 12.4. The molecule has 1 aliphatic rings. The molecule has 1 fully saturated rings. The summed E-state index contributed by atoms with van der Waals surface area (Å²) in [5.74, 6) is 1.69. The van der Waals surface area contributed by atoms with Crippen molar-refractivity contribution >= 4 is 17.5 Å². The Morgan fingerprint density at radius 2 is 2.11 bits per heavy atom. The number of carbonyl (C=O) groups excluding carboxylic acids is 1. The van der Waals surface area contributed by atoms with Gasteiger partial charge in [0.15, 0.2) is 0 Å². The number of amides is 1. The van der Waals surface area contributed by atoms with Crippen LogP contribution in [0.1, 0.15) is 65.7 Å². The van der Waals surface area contributed by atoms with Crippen LogP contribution in [-0.2, 0) is 4.79 Å². The van der Waals surface area contributed by atoms with E-state index in [0.717, 1.165) is 32.2 Å². The monoisotopic (exact) mass is 287 g/mol. The lowest BCUT2D eigenvalue weighted by Gasteiger charge is -2.37. The SMILES string of the molecule is CCCC(CCCl)CNC(=O)C1CCCCC1(C)C. The fourth-order valence-corrected chi connectivity index (χ4v) is 3.57. The van der Waals surface area contributed by atoms with E-state index in [1.807, 2.05) is 0 Å². The highest BCUT2D eigenvalue weighted by molar-refractivity contribution is 6.17. The molecule has 0 aliphatic heterocycles. The Kier molecular flexibility index (Phi) is 7.20. The molecule has 3 heteroatoms. The van der Waals surface area contributed by atoms with E-state index in [1.54, 1.807) is 0 Å². The number of rotatable bonds is 7. The summed E-state index contributed by atoms with van der Waals surface area (Å²) in [7, 11) is 0. The van der Waals surface area contributed by atoms with Gasteiger partial charge in [-0.25, -0.2) is 0 Å². The van der Waals surface area contributed by atoms with E-state index >= 15 is 0 Å². The lowest BCUT2D eigenvalue weighted by atomic mass is 9.68. The molecule has 1 N–H and O–H groups in total. The highest BCUT2D eigenvalue weighted by Gasteiger charge is 2.36. The van der Waals surface area contributed by atoms with Crippen LogP contribution in [-0.4, -0.2) is 18.3 Å². The topological polar surface area (TPSA) is 29.1 Å². The van der Waals surface area contributed by atoms with E-state index in [4.69, 9.17) is 11.6 Å². The molecule has 1 aliphatic carbocycles. The average molecular weight is 288 g/mol. The van der Waals surface area contributed by atoms with Gasteiger partial charge in [0.25, 0.3) is 0 Å². The molecule has 0 heterocycles. The van der Waals surface area contributed by atoms with Crippen LogP contribution in [0.15, 0.2) is 0 Å². The zero-order valence-corrected chi connectivity index (χ0v) is 13.6. The predicted molar refractivity (Wildman–Crippen MR) is 82.5 cm³/mol. The molecule has 0 aromatic heterocycles. The molecule has 2 unspecified atom stereocenters. The number of hydrogen-bond acceptors (Lipinski definition) is 1. The van der Waals surface area contributed by atoms with Crippen LogP contribution >= 0.6 is 11.6 Å². The molecule has 112 valence electrons. The summed E-state index contributed by atoms with van der Waals surface area (Å²) in [5.41, 5.74) is 0.162. The number of hydrogen-bond donors (Lipinski definition) is 1. The van der Waals surface area contributed by atoms with Crippen molar-refractivity contribution in [2.24, 2.45) is 17.3 Å². The first kappa shape index (κ1) is 16.8. The van der Waals surface area contributed by atoms with Gasteiger partial charge in [-0.2, -0.15) is 0 Å². The van der Waals surface area contributed by atoms with Crippen molar-refractivity contribution in [3.05, 3.63) is 0 Å². The minimum Gasteiger partial charge on any atom is -0.356 e. The van der Waals surface area contributed by atoms with Crippen LogP contribution in [0.2, 0.25) is 0 Å². The maximum Gasteiger partial charge on any atom is 0.223 e. The first-order valence-corrected chi connectivity index (χ1v) is 8.38. The van der Waals surface area contributed by atoms with Crippen molar-refractivity contribution in [2.75, 3.05) is 12.4 Å². The van der Waals surface area contributed by atoms with Gasteiger partial charge in [0.2, 0.25) is 5.91 Å². The molecule has 1 rings (SSSR count). The van der Waals surface area contributed by atoms with Gasteiger partial charge in [-0.15, -0.1) is 11.6 Å². The third-order valence-electron chi connectivity index (χ3n) is 4.60. The maximum atomic E-state index is 12.4. The molecular weight excluding hydrogens is 258 g/mol. The van der Waals surface area contributed by atoms with Crippen molar-refractivity contribution in [1.82, 2.24) is 5.32 Å². The van der Waals surface area contributed by atoms with Gasteiger partial charge in [0.05, 0.1) is 0 Å². The normalized spacial score (nSPS) is 23.9. The van der Waals surface area contributed by atoms with Gasteiger partial charge in [0, 0.05) is 18.3 Å². The molecule has 0 aromatic carbocycles. The van der Waals surface area contributed by atoms with E-state index in [1.165, 1.54) is 19.3 Å². The average Bonchev–Trinajstić information content (AvgIpc) is 2.35. The van der Waals surface area contributed by atoms with Gasteiger partial charge in [-0.05, 0) is 37.0 Å². The number of halogens is 1. The fraction of sp³-hybridized carbons (Fsp3) is 0.938. The standard InChI is InChI=1S/C16H30ClNO/c1-4-7-13(9-11-17)12-18-15(19)14-8-5-6-10-16(14,2)3/h13-14H,4-12H2,1-3H3,(H,18,19). The lowest BCUT2D eigenvalue weighted by Crippen LogP contribution is -2.42. The Morgan fingerprint density at radius 1 is 1.37 bits per heavy atom. The molecule has 0 aromatic rings. The smallest absolute Gasteiger partial charge is 0.223 e. The minimum atomic E-state index is 0.162. The van der Waals surface area contributed by atoms with E-state index in [-0.39, 0.29) is 17.2 Å². The lowest BCUT2D eigenvalue weighted by molar-refractivity contribution is -0.130. The third kappa shape index (κ3) is 5.33. The number of alkyl halides is 1. The summed E-state index contributed by atoms with van der Waals surface area (Å²) < 4.78 is 0. The van der Waals surface area contributed by atoms with Crippen LogP contribution in [0, 0.1) is 17.3 Å². The van der Waals surface area contributed by atoms with E-state index < -0.39 is 0 Å². The number of carbonyl (C=O) groups is 1. The molecule has 0 radical (unpaired) electrons. The van der Waals surface area contributed by atoms with Gasteiger partial charge in [0.1, 0.15) is 0 Å². The predicted octanol–water partition coefficient (Wildman–Crippen LogP) is 4.36. The molecule has 1 amide bonds. The first-order valence-electron chi connectivity index (χ1n) is 7.85. The third-order valence-corrected chi connectivity index (χ3v) is 4.82. The van der Waals surface area contributed by atoms with Gasteiger partial charge < -0.3 is 5.32 Å². The Morgan fingerprint density at radius 3 is 2.68 bits per heavy atom. The zero-order valence-electron chi connectivity index (χ0n) is 12.8. The largest absolute Gasteiger partial charge is 0.356 e. The summed E-state index contributed by atoms with van der Waals surface area (Å²) in [6.07, 6.45) is 8.00. The van der Waals surface area contributed by atoms with Crippen LogP contribution in [0.25, 0.3) is 0 Å². The molecule has 2 atom stereocenters. The van der Waals surface area contributed by atoms with Crippen molar-refractivity contribution in [3.63, 3.8) is 0 Å². The first-order chi connectivity index (χ1) is 9.01. The van der Waals surface area contributed by atoms with Crippen LogP contribution < -0.4 is 5.32 Å². The van der Waals surface area contributed by atoms with Gasteiger partial charge in [-0.1, -0.05) is 40.0 Å². The Labute approximate surface area is 123 Å². The fourth-order valence-electron chi connectivity index (χ4n) is 3.26. The summed E-state index contributed by atoms with van der Waals surface area (Å²) >= 11 is 5.83. The van der Waals surface area contributed by atoms with Crippen molar-refractivity contribution < 1.29 is 4.79 Å². The highest BCUT2D eigenvalue weighted by atomic mass is 35.5. The Balaban J connectivity index is 2.44. The summed E-state index contributed by atoms with van der Waals surface area (Å²) in [4.78, 5) is 12.4. The summed E-state index contributed by atoms with van der Waals surface area (Å²) in [6.45, 7) is 7.46. The van der Waals surface area contributed by atoms with E-state index in [2.05, 4.69) is 26.1 Å². The van der Waals surface area contributed by atoms with Gasteiger partial charge in [-0.3, -0.25) is 4.79 Å². The van der Waals surface area contributed by atoms with E-state index in [0.29, 0.717) is 11.8 Å². The zero-order chi connectivity index (χ0) is 14.3. The highest BCUT2D eigenvalue weighted by Crippen LogP contribution is 2.40. The molecule has 2 nitrogen and oxygen atoms in total. The number of nitrogens with one attached hydrogen (secondary N) is 1. The van der Waals surface area contributed by atoms with Crippen LogP contribution in [0.4, 0.5) is 0 Å². The summed E-state index contributed by atoms with van der Waals surface area (Å²) in [6, 6.07) is 0. The van der Waals surface area contributed by atoms with Crippen LogP contribution in [0.3, 0.4) is 0 Å². The molecule has 19 heavy (non-hydrogen) atoms. The molecule has 0 saturated heterocycles. The molecular formula is C16H30ClNO. The van der Waals surface area contributed by atoms with E-state index in [9.17, 15) is 4.79 Å². The Hall–Kier alpha value is -0.240. The van der Waals surface area contributed by atoms with Crippen molar-refractivity contribution in [3.8, 4) is 0 Å². The molecule has 1 saturated carbocycles. The second kappa shape index (κ2) is 8.14. The van der Waals surface area contributed by atoms with Crippen molar-refractivity contribution in [2.45, 2.75) is 65.7 Å².